The van der Waals surface area contributed by atoms with Gasteiger partial charge in [0, 0.05) is 12.0 Å². The lowest BCUT2D eigenvalue weighted by molar-refractivity contribution is -0.0224. The van der Waals surface area contributed by atoms with Crippen LogP contribution < -0.4 is 0 Å². The Morgan fingerprint density at radius 2 is 1.73 bits per heavy atom. The van der Waals surface area contributed by atoms with Crippen LogP contribution >= 0.6 is 0 Å². The van der Waals surface area contributed by atoms with Crippen LogP contribution in [0.25, 0.3) is 0 Å². The fraction of sp³-hybridized carbons (Fsp3) is 0.294. The summed E-state index contributed by atoms with van der Waals surface area (Å²) in [7, 11) is 0. The summed E-state index contributed by atoms with van der Waals surface area (Å²) in [4.78, 5) is 0. The number of hydrogen-bond donors (Lipinski definition) is 2. The van der Waals surface area contributed by atoms with E-state index in [4.69, 9.17) is 4.74 Å². The molecule has 0 spiro atoms. The van der Waals surface area contributed by atoms with Gasteiger partial charge in [-0.1, -0.05) is 36.4 Å². The lowest BCUT2D eigenvalue weighted by Gasteiger charge is -2.13. The molecule has 0 aliphatic carbocycles. The van der Waals surface area contributed by atoms with E-state index in [2.05, 4.69) is 10.2 Å². The molecule has 5 nitrogen and oxygen atoms in total. The molecule has 0 amide bonds. The predicted octanol–water partition coefficient (Wildman–Crippen LogP) is 3.29. The van der Waals surface area contributed by atoms with Crippen LogP contribution in [0.1, 0.15) is 18.1 Å². The van der Waals surface area contributed by atoms with Crippen molar-refractivity contribution < 1.29 is 14.9 Å². The Kier molecular flexibility index (Phi) is 4.58. The van der Waals surface area contributed by atoms with Crippen LogP contribution in [-0.4, -0.2) is 29.0 Å². The number of hydrogen-bond acceptors (Lipinski definition) is 5. The van der Waals surface area contributed by atoms with Crippen LogP contribution in [0.2, 0.25) is 0 Å². The maximum Gasteiger partial charge on any atom is 0.107 e. The number of aliphatic hydroxyl groups is 2. The maximum atomic E-state index is 9.88. The van der Waals surface area contributed by atoms with E-state index in [1.165, 1.54) is 0 Å². The summed E-state index contributed by atoms with van der Waals surface area (Å²) in [6.07, 6.45) is -1.03. The smallest absolute Gasteiger partial charge is 0.107 e. The number of rotatable bonds is 4. The highest BCUT2D eigenvalue weighted by molar-refractivity contribution is 5.48. The molecule has 114 valence electrons. The summed E-state index contributed by atoms with van der Waals surface area (Å²) < 4.78 is 5.70. The summed E-state index contributed by atoms with van der Waals surface area (Å²) in [5.74, 6) is 0. The Hall–Kier alpha value is -2.08. The molecule has 0 bridgehead atoms. The molecule has 22 heavy (non-hydrogen) atoms. The molecule has 1 fully saturated rings. The van der Waals surface area contributed by atoms with Gasteiger partial charge >= 0.3 is 0 Å². The molecular formula is C17H18N2O3. The summed E-state index contributed by atoms with van der Waals surface area (Å²) in [5, 5.41) is 27.6. The zero-order chi connectivity index (χ0) is 15.4. The molecule has 0 radical (unpaired) electrons. The summed E-state index contributed by atoms with van der Waals surface area (Å²) in [6.45, 7) is -0.189. The van der Waals surface area contributed by atoms with Crippen molar-refractivity contribution in [2.24, 2.45) is 10.2 Å². The minimum absolute atomic E-state index is 0.189. The fourth-order valence-electron chi connectivity index (χ4n) is 2.55. The molecule has 1 aliphatic heterocycles. The Morgan fingerprint density at radius 3 is 2.45 bits per heavy atom. The number of ether oxygens (including phenoxy) is 1. The molecule has 0 aromatic heterocycles. The number of nitrogens with zero attached hydrogens (tertiary/aromatic N) is 2. The average Bonchev–Trinajstić information content (AvgIpc) is 2.95. The molecule has 2 aromatic carbocycles. The predicted molar refractivity (Wildman–Crippen MR) is 82.4 cm³/mol. The van der Waals surface area contributed by atoms with Crippen LogP contribution in [0.4, 0.5) is 11.4 Å². The number of aliphatic hydroxyl groups excluding tert-OH is 2. The number of azo groups is 1. The molecule has 0 saturated carbocycles. The first-order valence-electron chi connectivity index (χ1n) is 7.28. The van der Waals surface area contributed by atoms with Gasteiger partial charge < -0.3 is 14.9 Å². The second-order valence-corrected chi connectivity index (χ2v) is 5.24. The largest absolute Gasteiger partial charge is 0.394 e. The quantitative estimate of drug-likeness (QED) is 0.851. The van der Waals surface area contributed by atoms with Gasteiger partial charge in [0.25, 0.3) is 0 Å². The van der Waals surface area contributed by atoms with Crippen molar-refractivity contribution in [2.45, 2.75) is 24.7 Å². The van der Waals surface area contributed by atoms with Crippen molar-refractivity contribution >= 4 is 11.4 Å². The van der Waals surface area contributed by atoms with Crippen LogP contribution in [0.3, 0.4) is 0 Å². The zero-order valence-corrected chi connectivity index (χ0v) is 12.0. The second-order valence-electron chi connectivity index (χ2n) is 5.24. The molecule has 1 heterocycles. The first kappa shape index (κ1) is 14.8. The Balaban J connectivity index is 1.83. The molecule has 3 rings (SSSR count). The monoisotopic (exact) mass is 298 g/mol. The first-order valence-corrected chi connectivity index (χ1v) is 7.28. The summed E-state index contributed by atoms with van der Waals surface area (Å²) in [6, 6.07) is 17.1. The van der Waals surface area contributed by atoms with E-state index in [0.29, 0.717) is 12.1 Å². The van der Waals surface area contributed by atoms with E-state index < -0.39 is 12.2 Å². The van der Waals surface area contributed by atoms with E-state index >= 15 is 0 Å². The standard InChI is InChI=1S/C17H18N2O3/c20-11-17-15(21)10-16(22-17)13-8-4-5-9-14(13)19-18-12-6-2-1-3-7-12/h1-9,15-17,20-21H,10-11H2/t15-,16?,17+/m0/s1. The molecule has 2 N–H and O–H groups in total. The Labute approximate surface area is 128 Å². The van der Waals surface area contributed by atoms with Gasteiger partial charge in [-0.15, -0.1) is 0 Å². The number of benzene rings is 2. The normalized spacial score (nSPS) is 24.9. The molecule has 1 aliphatic rings. The first-order chi connectivity index (χ1) is 10.8. The van der Waals surface area contributed by atoms with E-state index in [1.807, 2.05) is 54.6 Å². The third-order valence-electron chi connectivity index (χ3n) is 3.72. The molecule has 5 heteroatoms. The lowest BCUT2D eigenvalue weighted by Crippen LogP contribution is -2.24. The third kappa shape index (κ3) is 3.22. The Morgan fingerprint density at radius 1 is 1.00 bits per heavy atom. The van der Waals surface area contributed by atoms with Crippen LogP contribution in [-0.2, 0) is 4.74 Å². The van der Waals surface area contributed by atoms with Gasteiger partial charge in [-0.05, 0) is 18.2 Å². The van der Waals surface area contributed by atoms with Crippen molar-refractivity contribution in [3.05, 3.63) is 60.2 Å². The van der Waals surface area contributed by atoms with Gasteiger partial charge in [0.05, 0.1) is 30.2 Å². The van der Waals surface area contributed by atoms with Gasteiger partial charge in [0.15, 0.2) is 0 Å². The topological polar surface area (TPSA) is 74.4 Å². The highest BCUT2D eigenvalue weighted by Gasteiger charge is 2.35. The summed E-state index contributed by atoms with van der Waals surface area (Å²) in [5.41, 5.74) is 2.36. The highest BCUT2D eigenvalue weighted by atomic mass is 16.5. The van der Waals surface area contributed by atoms with Crippen LogP contribution in [0.5, 0.6) is 0 Å². The van der Waals surface area contributed by atoms with Gasteiger partial charge in [-0.2, -0.15) is 10.2 Å². The lowest BCUT2D eigenvalue weighted by atomic mass is 10.0. The van der Waals surface area contributed by atoms with E-state index in [-0.39, 0.29) is 12.7 Å². The maximum absolute atomic E-state index is 9.88. The van der Waals surface area contributed by atoms with E-state index in [1.54, 1.807) is 0 Å². The van der Waals surface area contributed by atoms with Crippen molar-refractivity contribution in [3.8, 4) is 0 Å². The average molecular weight is 298 g/mol. The fourth-order valence-corrected chi connectivity index (χ4v) is 2.55. The van der Waals surface area contributed by atoms with Crippen molar-refractivity contribution in [2.75, 3.05) is 6.61 Å². The highest BCUT2D eigenvalue weighted by Crippen LogP contribution is 2.38. The molecule has 1 unspecified atom stereocenters. The summed E-state index contributed by atoms with van der Waals surface area (Å²) >= 11 is 0. The van der Waals surface area contributed by atoms with E-state index in [9.17, 15) is 10.2 Å². The van der Waals surface area contributed by atoms with Gasteiger partial charge in [-0.3, -0.25) is 0 Å². The SMILES string of the molecule is OC[C@H]1OC(c2ccccc2N=Nc2ccccc2)C[C@@H]1O. The van der Waals surface area contributed by atoms with Gasteiger partial charge in [-0.25, -0.2) is 0 Å². The molecule has 3 atom stereocenters. The van der Waals surface area contributed by atoms with Gasteiger partial charge in [0.1, 0.15) is 6.10 Å². The minimum atomic E-state index is -0.658. The van der Waals surface area contributed by atoms with Crippen LogP contribution in [0.15, 0.2) is 64.8 Å². The van der Waals surface area contributed by atoms with E-state index in [0.717, 1.165) is 11.3 Å². The third-order valence-corrected chi connectivity index (χ3v) is 3.72. The van der Waals surface area contributed by atoms with Crippen molar-refractivity contribution in [1.82, 2.24) is 0 Å². The Bertz CT molecular complexity index is 645. The van der Waals surface area contributed by atoms with Crippen LogP contribution in [0, 0.1) is 0 Å². The minimum Gasteiger partial charge on any atom is -0.394 e. The van der Waals surface area contributed by atoms with Crippen molar-refractivity contribution in [1.29, 1.82) is 0 Å². The zero-order valence-electron chi connectivity index (χ0n) is 12.0. The molecule has 2 aromatic rings. The molecular weight excluding hydrogens is 280 g/mol. The second kappa shape index (κ2) is 6.79. The van der Waals surface area contributed by atoms with Crippen molar-refractivity contribution in [3.63, 3.8) is 0 Å². The van der Waals surface area contributed by atoms with Gasteiger partial charge in [0.2, 0.25) is 0 Å². The molecule has 1 saturated heterocycles.